The second kappa shape index (κ2) is 11.9. The monoisotopic (exact) mass is 490 g/mol. The third-order valence-electron chi connectivity index (χ3n) is 5.19. The Kier molecular flexibility index (Phi) is 8.65. The van der Waals surface area contributed by atoms with E-state index in [0.717, 1.165) is 12.0 Å². The van der Waals surface area contributed by atoms with E-state index in [1.54, 1.807) is 47.4 Å². The second-order valence-electron chi connectivity index (χ2n) is 8.11. The van der Waals surface area contributed by atoms with Crippen LogP contribution in [0.4, 0.5) is 5.82 Å². The first kappa shape index (κ1) is 25.5. The van der Waals surface area contributed by atoms with E-state index in [4.69, 9.17) is 21.6 Å². The summed E-state index contributed by atoms with van der Waals surface area (Å²) in [7, 11) is 1.94. The number of hydrogen-bond acceptors (Lipinski definition) is 7. The van der Waals surface area contributed by atoms with Crippen molar-refractivity contribution < 1.29 is 9.53 Å². The predicted molar refractivity (Wildman–Crippen MR) is 136 cm³/mol. The minimum absolute atomic E-state index is 0.220. The number of benzene rings is 1. The molecule has 0 spiro atoms. The van der Waals surface area contributed by atoms with Crippen molar-refractivity contribution in [2.24, 2.45) is 0 Å². The molecule has 2 heterocycles. The number of halogens is 1. The number of aryl methyl sites for hydroxylation is 1. The van der Waals surface area contributed by atoms with Crippen LogP contribution in [-0.2, 0) is 11.3 Å². The van der Waals surface area contributed by atoms with Crippen molar-refractivity contribution in [3.63, 3.8) is 0 Å². The average molecular weight is 491 g/mol. The van der Waals surface area contributed by atoms with Crippen LogP contribution in [0.25, 0.3) is 0 Å². The molecule has 0 atom stereocenters. The Morgan fingerprint density at radius 1 is 1.17 bits per heavy atom. The lowest BCUT2D eigenvalue weighted by atomic mass is 10.2. The third kappa shape index (κ3) is 7.19. The SMILES string of the molecule is Cc1nc(N/C(=C/N(C)C(C)C)N(C=O)Cc2ccc(Cl)cc2)ccc1Oc1cccc(C#N)n1. The van der Waals surface area contributed by atoms with Crippen molar-refractivity contribution in [2.45, 2.75) is 33.4 Å². The molecule has 3 aromatic rings. The van der Waals surface area contributed by atoms with Gasteiger partial charge in [0, 0.05) is 30.4 Å². The van der Waals surface area contributed by atoms with E-state index in [-0.39, 0.29) is 11.7 Å². The Balaban J connectivity index is 1.84. The molecule has 0 aliphatic heterocycles. The number of nitrogens with zero attached hydrogens (tertiary/aromatic N) is 5. The molecule has 35 heavy (non-hydrogen) atoms. The maximum atomic E-state index is 12.1. The third-order valence-corrected chi connectivity index (χ3v) is 5.44. The summed E-state index contributed by atoms with van der Waals surface area (Å²) in [6.07, 6.45) is 2.65. The zero-order valence-electron chi connectivity index (χ0n) is 20.1. The summed E-state index contributed by atoms with van der Waals surface area (Å²) in [6, 6.07) is 18.1. The number of carbonyl (C=O) groups excluding carboxylic acids is 1. The van der Waals surface area contributed by atoms with Gasteiger partial charge in [-0.05, 0) is 56.7 Å². The van der Waals surface area contributed by atoms with E-state index < -0.39 is 0 Å². The van der Waals surface area contributed by atoms with Crippen LogP contribution in [0.1, 0.15) is 30.8 Å². The molecule has 0 bridgehead atoms. The van der Waals surface area contributed by atoms with Gasteiger partial charge in [-0.15, -0.1) is 0 Å². The lowest BCUT2D eigenvalue weighted by Crippen LogP contribution is -2.30. The van der Waals surface area contributed by atoms with E-state index in [9.17, 15) is 4.79 Å². The second-order valence-corrected chi connectivity index (χ2v) is 8.55. The number of aromatic nitrogens is 2. The van der Waals surface area contributed by atoms with E-state index in [0.29, 0.717) is 40.5 Å². The van der Waals surface area contributed by atoms with E-state index >= 15 is 0 Å². The van der Waals surface area contributed by atoms with E-state index in [2.05, 4.69) is 29.1 Å². The standard InChI is InChI=1S/C26H27ClN6O2/c1-18(2)32(4)16-25(33(17-34)15-20-8-10-21(27)11-9-20)31-24-13-12-23(19(3)29-24)35-26-7-5-6-22(14-28)30-26/h5-13,16-18H,15H2,1-4H3,(H,29,31)/b25-16-. The highest BCUT2D eigenvalue weighted by molar-refractivity contribution is 6.30. The van der Waals surface area contributed by atoms with Crippen LogP contribution in [0.15, 0.2) is 66.6 Å². The van der Waals surface area contributed by atoms with Gasteiger partial charge in [0.05, 0.1) is 12.2 Å². The number of hydrogen-bond donors (Lipinski definition) is 1. The highest BCUT2D eigenvalue weighted by Gasteiger charge is 2.14. The summed E-state index contributed by atoms with van der Waals surface area (Å²) in [5.74, 6) is 1.93. The molecule has 0 saturated carbocycles. The molecular formula is C26H27ClN6O2. The predicted octanol–water partition coefficient (Wildman–Crippen LogP) is 5.31. The fraction of sp³-hybridized carbons (Fsp3) is 0.231. The van der Waals surface area contributed by atoms with Gasteiger partial charge < -0.3 is 15.0 Å². The highest BCUT2D eigenvalue weighted by atomic mass is 35.5. The molecule has 0 aliphatic rings. The normalized spacial score (nSPS) is 11.1. The molecule has 1 aromatic carbocycles. The van der Waals surface area contributed by atoms with E-state index in [1.807, 2.05) is 43.3 Å². The molecule has 0 saturated heterocycles. The summed E-state index contributed by atoms with van der Waals surface area (Å²) in [4.78, 5) is 24.4. The van der Waals surface area contributed by atoms with Crippen LogP contribution < -0.4 is 10.1 Å². The van der Waals surface area contributed by atoms with Gasteiger partial charge in [-0.2, -0.15) is 5.26 Å². The number of pyridine rings is 2. The summed E-state index contributed by atoms with van der Waals surface area (Å²) < 4.78 is 5.81. The van der Waals surface area contributed by atoms with Gasteiger partial charge in [-0.3, -0.25) is 9.69 Å². The van der Waals surface area contributed by atoms with Crippen molar-refractivity contribution in [3.8, 4) is 17.7 Å². The minimum atomic E-state index is 0.220. The minimum Gasteiger partial charge on any atom is -0.437 e. The van der Waals surface area contributed by atoms with Gasteiger partial charge in [0.25, 0.3) is 0 Å². The lowest BCUT2D eigenvalue weighted by Gasteiger charge is -2.26. The quantitative estimate of drug-likeness (QED) is 0.385. The molecule has 0 radical (unpaired) electrons. The maximum Gasteiger partial charge on any atom is 0.220 e. The molecular weight excluding hydrogens is 464 g/mol. The number of ether oxygens (including phenoxy) is 1. The smallest absolute Gasteiger partial charge is 0.220 e. The first-order valence-electron chi connectivity index (χ1n) is 11.0. The Morgan fingerprint density at radius 2 is 1.91 bits per heavy atom. The zero-order chi connectivity index (χ0) is 25.4. The van der Waals surface area contributed by atoms with Gasteiger partial charge >= 0.3 is 0 Å². The number of nitrogens with one attached hydrogen (secondary N) is 1. The van der Waals surface area contributed by atoms with Crippen molar-refractivity contribution in [2.75, 3.05) is 12.4 Å². The summed E-state index contributed by atoms with van der Waals surface area (Å²) in [5.41, 5.74) is 1.82. The van der Waals surface area contributed by atoms with Crippen molar-refractivity contribution in [1.29, 1.82) is 5.26 Å². The van der Waals surface area contributed by atoms with Crippen LogP contribution >= 0.6 is 11.6 Å². The van der Waals surface area contributed by atoms with Gasteiger partial charge in [0.15, 0.2) is 5.75 Å². The fourth-order valence-electron chi connectivity index (χ4n) is 2.99. The molecule has 3 rings (SSSR count). The van der Waals surface area contributed by atoms with Gasteiger partial charge in [-0.25, -0.2) is 9.97 Å². The topological polar surface area (TPSA) is 94.4 Å². The molecule has 9 heteroatoms. The van der Waals surface area contributed by atoms with Gasteiger partial charge in [0.1, 0.15) is 23.4 Å². The maximum absolute atomic E-state index is 12.1. The van der Waals surface area contributed by atoms with Crippen LogP contribution in [0.5, 0.6) is 11.6 Å². The van der Waals surface area contributed by atoms with Crippen molar-refractivity contribution in [1.82, 2.24) is 19.8 Å². The first-order chi connectivity index (χ1) is 16.8. The Bertz CT molecular complexity index is 1240. The largest absolute Gasteiger partial charge is 0.437 e. The molecule has 0 unspecified atom stereocenters. The summed E-state index contributed by atoms with van der Waals surface area (Å²) in [6.45, 7) is 6.28. The van der Waals surface area contributed by atoms with Crippen molar-refractivity contribution >= 4 is 23.8 Å². The fourth-order valence-corrected chi connectivity index (χ4v) is 3.12. The van der Waals surface area contributed by atoms with Gasteiger partial charge in [0.2, 0.25) is 12.3 Å². The molecule has 1 amide bonds. The van der Waals surface area contributed by atoms with E-state index in [1.165, 1.54) is 0 Å². The summed E-state index contributed by atoms with van der Waals surface area (Å²) in [5, 5.41) is 12.9. The number of carbonyl (C=O) groups is 1. The number of rotatable bonds is 10. The van der Waals surface area contributed by atoms with Crippen LogP contribution in [0.2, 0.25) is 5.02 Å². The zero-order valence-corrected chi connectivity index (χ0v) is 20.8. The van der Waals surface area contributed by atoms with Crippen LogP contribution in [0, 0.1) is 18.3 Å². The first-order valence-corrected chi connectivity index (χ1v) is 11.4. The van der Waals surface area contributed by atoms with Crippen LogP contribution in [0.3, 0.4) is 0 Å². The number of nitriles is 1. The van der Waals surface area contributed by atoms with Crippen LogP contribution in [-0.4, -0.2) is 39.3 Å². The molecule has 0 fully saturated rings. The number of anilines is 1. The average Bonchev–Trinajstić information content (AvgIpc) is 2.85. The Morgan fingerprint density at radius 3 is 2.54 bits per heavy atom. The lowest BCUT2D eigenvalue weighted by molar-refractivity contribution is -0.116. The van der Waals surface area contributed by atoms with Gasteiger partial charge in [-0.1, -0.05) is 29.8 Å². The molecule has 0 aliphatic carbocycles. The molecule has 2 aromatic heterocycles. The highest BCUT2D eigenvalue weighted by Crippen LogP contribution is 2.25. The number of amides is 1. The van der Waals surface area contributed by atoms with Crippen molar-refractivity contribution in [3.05, 3.63) is 88.6 Å². The molecule has 1 N–H and O–H groups in total. The summed E-state index contributed by atoms with van der Waals surface area (Å²) >= 11 is 6.00. The molecule has 8 nitrogen and oxygen atoms in total. The Labute approximate surface area is 210 Å². The Hall–Kier alpha value is -4.09. The molecule has 180 valence electrons.